The number of anilines is 2. The maximum absolute atomic E-state index is 13.1. The highest BCUT2D eigenvalue weighted by molar-refractivity contribution is 5.75. The highest BCUT2D eigenvalue weighted by Crippen LogP contribution is 2.33. The normalized spacial score (nSPS) is 15.9. The van der Waals surface area contributed by atoms with Crippen molar-refractivity contribution in [1.29, 1.82) is 0 Å². The molecule has 0 radical (unpaired) electrons. The Morgan fingerprint density at radius 3 is 2.46 bits per heavy atom. The molecule has 1 amide bonds. The molecule has 1 aliphatic rings. The Morgan fingerprint density at radius 2 is 1.86 bits per heavy atom. The Balaban J connectivity index is 1.42. The fourth-order valence-corrected chi connectivity index (χ4v) is 4.05. The largest absolute Gasteiger partial charge is 0.423 e. The minimum atomic E-state index is -4.88. The second-order valence-electron chi connectivity index (χ2n) is 8.86. The minimum Gasteiger partial charge on any atom is -0.378 e. The van der Waals surface area contributed by atoms with Gasteiger partial charge in [-0.15, -0.1) is 0 Å². The molecule has 0 spiro atoms. The standard InChI is InChI=1S/C22H26F6N6O3/c1-12-7-15(21(23,24)25)9-29-19(12)34-5-3-14(4-6-34)8-17(35)33-37-11-13(2)31-16-10-30-32-20(36)18(16)22(26,27)28/h7,9-10,13-14H,3-6,8,11H2,1-2H3,(H,33,35)(H2,31,32,36)/t13-/m0/s1. The summed E-state index contributed by atoms with van der Waals surface area (Å²) in [4.78, 5) is 34.7. The van der Waals surface area contributed by atoms with Gasteiger partial charge in [0.25, 0.3) is 5.56 Å². The number of alkyl halides is 6. The van der Waals surface area contributed by atoms with E-state index in [0.29, 0.717) is 37.3 Å². The number of H-pyrrole nitrogens is 1. The van der Waals surface area contributed by atoms with Crippen molar-refractivity contribution in [3.8, 4) is 0 Å². The van der Waals surface area contributed by atoms with Gasteiger partial charge in [-0.05, 0) is 44.2 Å². The van der Waals surface area contributed by atoms with E-state index in [9.17, 15) is 35.9 Å². The number of nitrogens with zero attached hydrogens (tertiary/aromatic N) is 3. The van der Waals surface area contributed by atoms with Crippen molar-refractivity contribution in [1.82, 2.24) is 20.7 Å². The molecule has 9 nitrogen and oxygen atoms in total. The minimum absolute atomic E-state index is 0.0154. The number of hydroxylamine groups is 1. The molecule has 3 rings (SSSR count). The van der Waals surface area contributed by atoms with Crippen LogP contribution in [0.25, 0.3) is 0 Å². The van der Waals surface area contributed by atoms with E-state index < -0.39 is 46.7 Å². The van der Waals surface area contributed by atoms with Crippen LogP contribution in [0.2, 0.25) is 0 Å². The number of rotatable bonds is 8. The molecule has 2 aromatic rings. The maximum Gasteiger partial charge on any atom is 0.423 e. The van der Waals surface area contributed by atoms with Gasteiger partial charge in [0, 0.05) is 31.7 Å². The smallest absolute Gasteiger partial charge is 0.378 e. The number of pyridine rings is 1. The number of hydrogen-bond donors (Lipinski definition) is 3. The molecule has 37 heavy (non-hydrogen) atoms. The van der Waals surface area contributed by atoms with Crippen molar-refractivity contribution in [3.05, 3.63) is 45.5 Å². The summed E-state index contributed by atoms with van der Waals surface area (Å²) in [5.74, 6) is 0.0786. The third-order valence-corrected chi connectivity index (χ3v) is 5.83. The summed E-state index contributed by atoms with van der Waals surface area (Å²) in [5, 5.41) is 7.60. The first kappa shape index (κ1) is 28.2. The van der Waals surface area contributed by atoms with Gasteiger partial charge in [-0.3, -0.25) is 14.4 Å². The first-order valence-electron chi connectivity index (χ1n) is 11.4. The van der Waals surface area contributed by atoms with Gasteiger partial charge in [-0.25, -0.2) is 15.6 Å². The molecule has 1 fully saturated rings. The van der Waals surface area contributed by atoms with Crippen molar-refractivity contribution >= 4 is 17.4 Å². The molecular weight excluding hydrogens is 510 g/mol. The van der Waals surface area contributed by atoms with E-state index in [1.54, 1.807) is 12.0 Å². The zero-order chi connectivity index (χ0) is 27.4. The molecular formula is C22H26F6N6O3. The van der Waals surface area contributed by atoms with Crippen LogP contribution in [0.15, 0.2) is 23.3 Å². The summed E-state index contributed by atoms with van der Waals surface area (Å²) in [6, 6.07) is 0.360. The summed E-state index contributed by atoms with van der Waals surface area (Å²) >= 11 is 0. The van der Waals surface area contributed by atoms with E-state index in [-0.39, 0.29) is 18.9 Å². The second-order valence-corrected chi connectivity index (χ2v) is 8.86. The SMILES string of the molecule is Cc1cc(C(F)(F)F)cnc1N1CCC(CC(=O)NOC[C@H](C)Nc2cn[nH]c(=O)c2C(F)(F)F)CC1. The predicted molar refractivity (Wildman–Crippen MR) is 121 cm³/mol. The first-order valence-corrected chi connectivity index (χ1v) is 11.4. The quantitative estimate of drug-likeness (QED) is 0.349. The predicted octanol–water partition coefficient (Wildman–Crippen LogP) is 3.67. The van der Waals surface area contributed by atoms with Gasteiger partial charge in [0.2, 0.25) is 5.91 Å². The van der Waals surface area contributed by atoms with Crippen molar-refractivity contribution < 1.29 is 36.0 Å². The fraction of sp³-hybridized carbons (Fsp3) is 0.545. The van der Waals surface area contributed by atoms with Crippen molar-refractivity contribution in [2.24, 2.45) is 5.92 Å². The van der Waals surface area contributed by atoms with Crippen molar-refractivity contribution in [2.45, 2.75) is 51.5 Å². The zero-order valence-corrected chi connectivity index (χ0v) is 20.0. The number of aromatic nitrogens is 3. The molecule has 204 valence electrons. The van der Waals surface area contributed by atoms with Gasteiger partial charge in [0.1, 0.15) is 11.4 Å². The van der Waals surface area contributed by atoms with E-state index in [1.807, 2.05) is 4.90 Å². The van der Waals surface area contributed by atoms with Crippen LogP contribution in [0, 0.1) is 12.8 Å². The van der Waals surface area contributed by atoms with Crippen molar-refractivity contribution in [2.75, 3.05) is 29.9 Å². The number of piperidine rings is 1. The average molecular weight is 536 g/mol. The molecule has 0 unspecified atom stereocenters. The van der Waals surface area contributed by atoms with E-state index in [1.165, 1.54) is 6.92 Å². The topological polar surface area (TPSA) is 112 Å². The summed E-state index contributed by atoms with van der Waals surface area (Å²) in [6.07, 6.45) is -6.32. The number of hydrogen-bond acceptors (Lipinski definition) is 7. The molecule has 15 heteroatoms. The third-order valence-electron chi connectivity index (χ3n) is 5.83. The molecule has 3 heterocycles. The van der Waals surface area contributed by atoms with Crippen LogP contribution >= 0.6 is 0 Å². The lowest BCUT2D eigenvalue weighted by atomic mass is 9.93. The van der Waals surface area contributed by atoms with Crippen molar-refractivity contribution in [3.63, 3.8) is 0 Å². The molecule has 1 aliphatic heterocycles. The Hall–Kier alpha value is -3.36. The number of nitrogens with one attached hydrogen (secondary N) is 3. The molecule has 2 aromatic heterocycles. The molecule has 3 N–H and O–H groups in total. The number of aryl methyl sites for hydroxylation is 1. The lowest BCUT2D eigenvalue weighted by molar-refractivity contribution is -0.138. The van der Waals surface area contributed by atoms with Gasteiger partial charge < -0.3 is 10.2 Å². The van der Waals surface area contributed by atoms with E-state index in [4.69, 9.17) is 4.84 Å². The van der Waals surface area contributed by atoms with Crippen LogP contribution in [-0.2, 0) is 22.0 Å². The summed E-state index contributed by atoms with van der Waals surface area (Å²) in [6.45, 7) is 3.92. The van der Waals surface area contributed by atoms with Gasteiger partial charge in [0.15, 0.2) is 0 Å². The van der Waals surface area contributed by atoms with E-state index in [0.717, 1.165) is 18.5 Å². The van der Waals surface area contributed by atoms with Crippen LogP contribution in [0.4, 0.5) is 37.8 Å². The van der Waals surface area contributed by atoms with E-state index in [2.05, 4.69) is 20.9 Å². The molecule has 0 aromatic carbocycles. The van der Waals surface area contributed by atoms with Crippen LogP contribution < -0.4 is 21.3 Å². The van der Waals surface area contributed by atoms with Gasteiger partial charge >= 0.3 is 12.4 Å². The summed E-state index contributed by atoms with van der Waals surface area (Å²) in [5.41, 5.74) is -1.43. The van der Waals surface area contributed by atoms with Gasteiger partial charge in [-0.1, -0.05) is 0 Å². The molecule has 1 saturated heterocycles. The zero-order valence-electron chi connectivity index (χ0n) is 20.0. The monoisotopic (exact) mass is 536 g/mol. The van der Waals surface area contributed by atoms with Crippen LogP contribution in [0.5, 0.6) is 0 Å². The third kappa shape index (κ3) is 7.57. The van der Waals surface area contributed by atoms with Crippen LogP contribution in [0.1, 0.15) is 42.9 Å². The summed E-state index contributed by atoms with van der Waals surface area (Å²) < 4.78 is 77.9. The maximum atomic E-state index is 13.1. The Labute approximate surface area is 207 Å². The lowest BCUT2D eigenvalue weighted by Crippen LogP contribution is -2.37. The Bertz CT molecular complexity index is 1140. The molecule has 0 saturated carbocycles. The fourth-order valence-electron chi connectivity index (χ4n) is 4.05. The van der Waals surface area contributed by atoms with Gasteiger partial charge in [0.05, 0.1) is 24.1 Å². The Morgan fingerprint density at radius 1 is 1.19 bits per heavy atom. The highest BCUT2D eigenvalue weighted by Gasteiger charge is 2.37. The summed E-state index contributed by atoms with van der Waals surface area (Å²) in [7, 11) is 0. The van der Waals surface area contributed by atoms with Crippen LogP contribution in [-0.4, -0.2) is 46.8 Å². The molecule has 0 aliphatic carbocycles. The number of amides is 1. The number of carbonyl (C=O) groups excluding carboxylic acids is 1. The number of aromatic amines is 1. The molecule has 1 atom stereocenters. The lowest BCUT2D eigenvalue weighted by Gasteiger charge is -2.33. The average Bonchev–Trinajstić information content (AvgIpc) is 2.78. The van der Waals surface area contributed by atoms with Gasteiger partial charge in [-0.2, -0.15) is 31.4 Å². The highest BCUT2D eigenvalue weighted by atomic mass is 19.4. The van der Waals surface area contributed by atoms with E-state index >= 15 is 0 Å². The number of carbonyl (C=O) groups is 1. The second kappa shape index (κ2) is 11.4. The molecule has 0 bridgehead atoms. The van der Waals surface area contributed by atoms with Crippen LogP contribution in [0.3, 0.4) is 0 Å². The number of halogens is 6. The first-order chi connectivity index (χ1) is 17.3. The Kier molecular flexibility index (Phi) is 8.66.